The van der Waals surface area contributed by atoms with Gasteiger partial charge in [0, 0.05) is 15.2 Å². The van der Waals surface area contributed by atoms with E-state index in [9.17, 15) is 19.7 Å². The first kappa shape index (κ1) is 13.2. The molecule has 0 aromatic heterocycles. The van der Waals surface area contributed by atoms with Crippen molar-refractivity contribution in [2.75, 3.05) is 5.33 Å². The van der Waals surface area contributed by atoms with Crippen LogP contribution in [-0.4, -0.2) is 22.3 Å². The van der Waals surface area contributed by atoms with Crippen LogP contribution in [0.25, 0.3) is 0 Å². The van der Waals surface area contributed by atoms with Crippen molar-refractivity contribution in [2.24, 2.45) is 0 Å². The lowest BCUT2D eigenvalue weighted by molar-refractivity contribution is -0.385. The van der Waals surface area contributed by atoms with Gasteiger partial charge in [0.25, 0.3) is 5.69 Å². The zero-order valence-electron chi connectivity index (χ0n) is 7.78. The van der Waals surface area contributed by atoms with Gasteiger partial charge in [0.05, 0.1) is 15.8 Å². The number of nitro groups is 1. The summed E-state index contributed by atoms with van der Waals surface area (Å²) in [5, 5.41) is 10.7. The van der Waals surface area contributed by atoms with Crippen LogP contribution >= 0.6 is 38.5 Å². The number of hydrogen-bond acceptors (Lipinski definition) is 4. The molecule has 0 fully saturated rings. The molecular formula is C9H5BrINO4. The number of Topliss-reactive ketones (excluding diaryl/α,β-unsaturated/α-hetero) is 1. The summed E-state index contributed by atoms with van der Waals surface area (Å²) >= 11 is 4.83. The number of carbonyl (C=O) groups is 2. The molecule has 0 saturated carbocycles. The topological polar surface area (TPSA) is 77.3 Å². The molecule has 0 spiro atoms. The highest BCUT2D eigenvalue weighted by molar-refractivity contribution is 14.1. The maximum atomic E-state index is 11.4. The summed E-state index contributed by atoms with van der Waals surface area (Å²) < 4.78 is 0.458. The van der Waals surface area contributed by atoms with Crippen LogP contribution in [-0.2, 0) is 0 Å². The summed E-state index contributed by atoms with van der Waals surface area (Å²) in [7, 11) is 0. The van der Waals surface area contributed by atoms with Gasteiger partial charge in [-0.3, -0.25) is 19.7 Å². The van der Waals surface area contributed by atoms with E-state index in [0.29, 0.717) is 15.4 Å². The summed E-state index contributed by atoms with van der Waals surface area (Å²) in [6.45, 7) is 0. The number of benzene rings is 1. The number of nitrogens with zero attached hydrogens (tertiary/aromatic N) is 1. The highest BCUT2D eigenvalue weighted by Gasteiger charge is 2.19. The Bertz CT molecular complexity index is 475. The third-order valence-electron chi connectivity index (χ3n) is 1.86. The summed E-state index contributed by atoms with van der Waals surface area (Å²) in [6.07, 6.45) is 0.374. The Morgan fingerprint density at radius 1 is 1.56 bits per heavy atom. The largest absolute Gasteiger partial charge is 0.298 e. The lowest BCUT2D eigenvalue weighted by Crippen LogP contribution is -2.06. The second-order valence-corrected chi connectivity index (χ2v) is 4.55. The van der Waals surface area contributed by atoms with Crippen LogP contribution in [0.3, 0.4) is 0 Å². The van der Waals surface area contributed by atoms with Gasteiger partial charge < -0.3 is 0 Å². The molecule has 0 unspecified atom stereocenters. The van der Waals surface area contributed by atoms with Gasteiger partial charge in [0.2, 0.25) is 0 Å². The van der Waals surface area contributed by atoms with Crippen LogP contribution in [0.2, 0.25) is 0 Å². The van der Waals surface area contributed by atoms with Crippen molar-refractivity contribution in [1.82, 2.24) is 0 Å². The fourth-order valence-electron chi connectivity index (χ4n) is 1.12. The Morgan fingerprint density at radius 2 is 2.19 bits per heavy atom. The Morgan fingerprint density at radius 3 is 2.62 bits per heavy atom. The van der Waals surface area contributed by atoms with Crippen LogP contribution in [0.4, 0.5) is 5.69 Å². The number of ketones is 1. The van der Waals surface area contributed by atoms with Crippen molar-refractivity contribution in [1.29, 1.82) is 0 Å². The van der Waals surface area contributed by atoms with Crippen molar-refractivity contribution >= 4 is 56.3 Å². The average molecular weight is 398 g/mol. The summed E-state index contributed by atoms with van der Waals surface area (Å²) in [5.41, 5.74) is -0.0644. The van der Waals surface area contributed by atoms with Crippen LogP contribution in [0, 0.1) is 13.7 Å². The highest BCUT2D eigenvalue weighted by Crippen LogP contribution is 2.24. The molecule has 0 N–H and O–H groups in total. The normalized spacial score (nSPS) is 9.88. The monoisotopic (exact) mass is 397 g/mol. The third-order valence-corrected chi connectivity index (χ3v) is 3.26. The Labute approximate surface area is 113 Å². The fourth-order valence-corrected chi connectivity index (χ4v) is 2.17. The van der Waals surface area contributed by atoms with E-state index in [0.717, 1.165) is 0 Å². The summed E-state index contributed by atoms with van der Waals surface area (Å²) in [6, 6.07) is 2.47. The van der Waals surface area contributed by atoms with Crippen molar-refractivity contribution < 1.29 is 14.5 Å². The minimum Gasteiger partial charge on any atom is -0.298 e. The van der Waals surface area contributed by atoms with Crippen LogP contribution in [0.5, 0.6) is 0 Å². The third kappa shape index (κ3) is 2.64. The van der Waals surface area contributed by atoms with E-state index >= 15 is 0 Å². The SMILES string of the molecule is O=Cc1cc(C(=O)CBr)c(I)cc1[N+](=O)[O-]. The van der Waals surface area contributed by atoms with Gasteiger partial charge in [-0.15, -0.1) is 0 Å². The number of carbonyl (C=O) groups excluding carboxylic acids is 2. The predicted octanol–water partition coefficient (Wildman–Crippen LogP) is 2.59. The van der Waals surface area contributed by atoms with Crippen LogP contribution in [0.1, 0.15) is 20.7 Å². The molecule has 0 aliphatic carbocycles. The van der Waals surface area contributed by atoms with Gasteiger partial charge in [0.15, 0.2) is 12.1 Å². The van der Waals surface area contributed by atoms with Crippen LogP contribution in [0.15, 0.2) is 12.1 Å². The van der Waals surface area contributed by atoms with Crippen molar-refractivity contribution in [2.45, 2.75) is 0 Å². The average Bonchev–Trinajstić information content (AvgIpc) is 2.27. The van der Waals surface area contributed by atoms with E-state index in [1.807, 2.05) is 22.6 Å². The molecule has 0 atom stereocenters. The second kappa shape index (κ2) is 5.48. The Hall–Kier alpha value is -0.830. The van der Waals surface area contributed by atoms with Gasteiger partial charge in [-0.25, -0.2) is 0 Å². The molecule has 0 radical (unpaired) electrons. The molecule has 0 heterocycles. The summed E-state index contributed by atoms with van der Waals surface area (Å²) in [5.74, 6) is -0.220. The second-order valence-electron chi connectivity index (χ2n) is 2.82. The molecule has 1 aromatic rings. The molecule has 16 heavy (non-hydrogen) atoms. The molecule has 1 rings (SSSR count). The van der Waals surface area contributed by atoms with Gasteiger partial charge in [-0.1, -0.05) is 15.9 Å². The maximum absolute atomic E-state index is 11.4. The van der Waals surface area contributed by atoms with E-state index in [1.54, 1.807) is 0 Å². The van der Waals surface area contributed by atoms with Gasteiger partial charge >= 0.3 is 0 Å². The molecule has 0 amide bonds. The number of alkyl halides is 1. The first-order valence-electron chi connectivity index (χ1n) is 4.03. The maximum Gasteiger partial charge on any atom is 0.280 e. The molecule has 5 nitrogen and oxygen atoms in total. The number of hydrogen-bond donors (Lipinski definition) is 0. The van der Waals surface area contributed by atoms with Crippen molar-refractivity contribution in [3.63, 3.8) is 0 Å². The van der Waals surface area contributed by atoms with Crippen molar-refractivity contribution in [3.05, 3.63) is 36.9 Å². The number of nitro benzene ring substituents is 1. The fraction of sp³-hybridized carbons (Fsp3) is 0.111. The Balaban J connectivity index is 3.42. The highest BCUT2D eigenvalue weighted by atomic mass is 127. The smallest absolute Gasteiger partial charge is 0.280 e. The minimum atomic E-state index is -0.645. The standard InChI is InChI=1S/C9H5BrINO4/c10-3-9(14)6-1-5(4-13)8(12(15)16)2-7(6)11/h1-2,4H,3H2. The Kier molecular flexibility index (Phi) is 4.54. The number of rotatable bonds is 4. The molecule has 0 aliphatic rings. The predicted molar refractivity (Wildman–Crippen MR) is 69.3 cm³/mol. The number of aldehydes is 1. The summed E-state index contributed by atoms with van der Waals surface area (Å²) in [4.78, 5) is 32.1. The molecule has 7 heteroatoms. The van der Waals surface area contributed by atoms with Gasteiger partial charge in [-0.05, 0) is 28.7 Å². The van der Waals surface area contributed by atoms with Gasteiger partial charge in [-0.2, -0.15) is 0 Å². The zero-order chi connectivity index (χ0) is 12.3. The van der Waals surface area contributed by atoms with E-state index in [-0.39, 0.29) is 22.4 Å². The lowest BCUT2D eigenvalue weighted by Gasteiger charge is -2.03. The molecule has 84 valence electrons. The van der Waals surface area contributed by atoms with E-state index in [2.05, 4.69) is 15.9 Å². The zero-order valence-corrected chi connectivity index (χ0v) is 11.5. The van der Waals surface area contributed by atoms with Gasteiger partial charge in [0.1, 0.15) is 0 Å². The lowest BCUT2D eigenvalue weighted by atomic mass is 10.1. The molecule has 0 bridgehead atoms. The minimum absolute atomic E-state index is 0.0882. The quantitative estimate of drug-likeness (QED) is 0.195. The van der Waals surface area contributed by atoms with E-state index < -0.39 is 4.92 Å². The molecule has 0 aliphatic heterocycles. The van der Waals surface area contributed by atoms with E-state index in [1.165, 1.54) is 12.1 Å². The molecule has 0 saturated heterocycles. The first-order chi connectivity index (χ1) is 7.51. The van der Waals surface area contributed by atoms with Crippen LogP contribution < -0.4 is 0 Å². The van der Waals surface area contributed by atoms with Crippen molar-refractivity contribution in [3.8, 4) is 0 Å². The number of halogens is 2. The molecular weight excluding hydrogens is 393 g/mol. The molecule has 1 aromatic carbocycles. The first-order valence-corrected chi connectivity index (χ1v) is 6.23. The van der Waals surface area contributed by atoms with E-state index in [4.69, 9.17) is 0 Å².